The number of amidine groups is 1. The monoisotopic (exact) mass is 222 g/mol. The minimum Gasteiger partial charge on any atom is -0.483 e. The van der Waals surface area contributed by atoms with Crippen LogP contribution in [0.25, 0.3) is 0 Å². The van der Waals surface area contributed by atoms with Crippen LogP contribution in [0.4, 0.5) is 0 Å². The summed E-state index contributed by atoms with van der Waals surface area (Å²) in [5.41, 5.74) is 6.67. The Morgan fingerprint density at radius 2 is 1.81 bits per heavy atom. The zero-order valence-corrected chi connectivity index (χ0v) is 9.84. The third kappa shape index (κ3) is 3.15. The van der Waals surface area contributed by atoms with E-state index in [0.29, 0.717) is 11.7 Å². The van der Waals surface area contributed by atoms with Crippen molar-refractivity contribution in [3.63, 3.8) is 0 Å². The van der Waals surface area contributed by atoms with Crippen LogP contribution in [0, 0.1) is 0 Å². The molecule has 1 unspecified atom stereocenters. The van der Waals surface area contributed by atoms with Crippen LogP contribution >= 0.6 is 0 Å². The first kappa shape index (κ1) is 12.4. The molecule has 1 rings (SSSR count). The van der Waals surface area contributed by atoms with Crippen molar-refractivity contribution in [3.05, 3.63) is 29.8 Å². The molecule has 0 saturated heterocycles. The van der Waals surface area contributed by atoms with Crippen LogP contribution in [-0.2, 0) is 0 Å². The zero-order valence-electron chi connectivity index (χ0n) is 9.84. The molecule has 0 radical (unpaired) electrons. The SMILES string of the molecule is CC(Oc1ccc(C(C)C)cc1)C(N)=NO. The molecule has 0 aliphatic heterocycles. The minimum absolute atomic E-state index is 0.0629. The summed E-state index contributed by atoms with van der Waals surface area (Å²) in [4.78, 5) is 0. The van der Waals surface area contributed by atoms with Gasteiger partial charge < -0.3 is 15.7 Å². The molecule has 0 spiro atoms. The average molecular weight is 222 g/mol. The van der Waals surface area contributed by atoms with Crippen molar-refractivity contribution in [2.24, 2.45) is 10.9 Å². The molecule has 0 aliphatic carbocycles. The first-order valence-corrected chi connectivity index (χ1v) is 5.28. The molecule has 4 heteroatoms. The Bertz CT molecular complexity index is 358. The molecule has 0 fully saturated rings. The van der Waals surface area contributed by atoms with E-state index in [4.69, 9.17) is 15.7 Å². The maximum Gasteiger partial charge on any atom is 0.180 e. The number of hydrogen-bond acceptors (Lipinski definition) is 3. The van der Waals surface area contributed by atoms with Gasteiger partial charge in [-0.15, -0.1) is 0 Å². The molecule has 0 saturated carbocycles. The Morgan fingerprint density at radius 3 is 2.25 bits per heavy atom. The summed E-state index contributed by atoms with van der Waals surface area (Å²) < 4.78 is 5.49. The van der Waals surface area contributed by atoms with E-state index in [9.17, 15) is 0 Å². The van der Waals surface area contributed by atoms with Crippen LogP contribution in [-0.4, -0.2) is 17.1 Å². The molecular weight excluding hydrogens is 204 g/mol. The first-order valence-electron chi connectivity index (χ1n) is 5.28. The summed E-state index contributed by atoms with van der Waals surface area (Å²) in [6.07, 6.45) is -0.435. The molecule has 1 aromatic rings. The van der Waals surface area contributed by atoms with Gasteiger partial charge in [0.15, 0.2) is 11.9 Å². The number of oxime groups is 1. The Balaban J connectivity index is 2.69. The highest BCUT2D eigenvalue weighted by atomic mass is 16.5. The maximum absolute atomic E-state index is 8.48. The second-order valence-electron chi connectivity index (χ2n) is 4.01. The van der Waals surface area contributed by atoms with Crippen molar-refractivity contribution in [2.45, 2.75) is 32.8 Å². The van der Waals surface area contributed by atoms with E-state index in [1.807, 2.05) is 24.3 Å². The number of nitrogens with zero attached hydrogens (tertiary/aromatic N) is 1. The highest BCUT2D eigenvalue weighted by molar-refractivity contribution is 5.84. The van der Waals surface area contributed by atoms with Gasteiger partial charge in [0.25, 0.3) is 0 Å². The lowest BCUT2D eigenvalue weighted by atomic mass is 10.0. The van der Waals surface area contributed by atoms with Gasteiger partial charge in [-0.1, -0.05) is 31.1 Å². The third-order valence-corrected chi connectivity index (χ3v) is 2.39. The number of hydrogen-bond donors (Lipinski definition) is 2. The lowest BCUT2D eigenvalue weighted by molar-refractivity contribution is 0.265. The second kappa shape index (κ2) is 5.39. The second-order valence-corrected chi connectivity index (χ2v) is 4.01. The lowest BCUT2D eigenvalue weighted by Crippen LogP contribution is -2.31. The fourth-order valence-corrected chi connectivity index (χ4v) is 1.28. The standard InChI is InChI=1S/C12H18N2O2/c1-8(2)10-4-6-11(7-5-10)16-9(3)12(13)14-15/h4-9,15H,1-3H3,(H2,13,14). The van der Waals surface area contributed by atoms with Gasteiger partial charge in [-0.3, -0.25) is 0 Å². The van der Waals surface area contributed by atoms with Crippen molar-refractivity contribution in [3.8, 4) is 5.75 Å². The number of benzene rings is 1. The van der Waals surface area contributed by atoms with Crippen molar-refractivity contribution < 1.29 is 9.94 Å². The highest BCUT2D eigenvalue weighted by Crippen LogP contribution is 2.19. The fraction of sp³-hybridized carbons (Fsp3) is 0.417. The van der Waals surface area contributed by atoms with E-state index >= 15 is 0 Å². The smallest absolute Gasteiger partial charge is 0.180 e. The van der Waals surface area contributed by atoms with Crippen LogP contribution in [0.1, 0.15) is 32.3 Å². The van der Waals surface area contributed by atoms with E-state index in [1.165, 1.54) is 5.56 Å². The van der Waals surface area contributed by atoms with Crippen LogP contribution in [0.5, 0.6) is 5.75 Å². The molecule has 0 bridgehead atoms. The van der Waals surface area contributed by atoms with Crippen molar-refractivity contribution >= 4 is 5.84 Å². The van der Waals surface area contributed by atoms with Gasteiger partial charge in [0, 0.05) is 0 Å². The molecule has 0 aliphatic rings. The van der Waals surface area contributed by atoms with Crippen molar-refractivity contribution in [2.75, 3.05) is 0 Å². The van der Waals surface area contributed by atoms with Gasteiger partial charge in [0.2, 0.25) is 0 Å². The molecule has 1 aromatic carbocycles. The van der Waals surface area contributed by atoms with Crippen molar-refractivity contribution in [1.82, 2.24) is 0 Å². The summed E-state index contributed by atoms with van der Waals surface area (Å²) >= 11 is 0. The van der Waals surface area contributed by atoms with Gasteiger partial charge in [0.1, 0.15) is 5.75 Å². The third-order valence-electron chi connectivity index (χ3n) is 2.39. The molecule has 3 N–H and O–H groups in total. The minimum atomic E-state index is -0.435. The van der Waals surface area contributed by atoms with Gasteiger partial charge >= 0.3 is 0 Å². The summed E-state index contributed by atoms with van der Waals surface area (Å²) in [7, 11) is 0. The topological polar surface area (TPSA) is 67.8 Å². The van der Waals surface area contributed by atoms with E-state index in [-0.39, 0.29) is 5.84 Å². The Morgan fingerprint density at radius 1 is 1.25 bits per heavy atom. The molecule has 1 atom stereocenters. The number of nitrogens with two attached hydrogens (primary N) is 1. The quantitative estimate of drug-likeness (QED) is 0.355. The van der Waals surface area contributed by atoms with E-state index in [0.717, 1.165) is 0 Å². The molecule has 4 nitrogen and oxygen atoms in total. The highest BCUT2D eigenvalue weighted by Gasteiger charge is 2.09. The van der Waals surface area contributed by atoms with Gasteiger partial charge in [-0.2, -0.15) is 0 Å². The molecular formula is C12H18N2O2. The fourth-order valence-electron chi connectivity index (χ4n) is 1.28. The van der Waals surface area contributed by atoms with Crippen LogP contribution in [0.2, 0.25) is 0 Å². The molecule has 0 amide bonds. The van der Waals surface area contributed by atoms with Crippen LogP contribution in [0.3, 0.4) is 0 Å². The number of rotatable bonds is 4. The van der Waals surface area contributed by atoms with Crippen molar-refractivity contribution in [1.29, 1.82) is 0 Å². The van der Waals surface area contributed by atoms with E-state index in [1.54, 1.807) is 6.92 Å². The lowest BCUT2D eigenvalue weighted by Gasteiger charge is -2.13. The molecule has 16 heavy (non-hydrogen) atoms. The predicted octanol–water partition coefficient (Wildman–Crippen LogP) is 2.32. The summed E-state index contributed by atoms with van der Waals surface area (Å²) in [6, 6.07) is 7.80. The average Bonchev–Trinajstić information content (AvgIpc) is 2.28. The molecule has 0 heterocycles. The largest absolute Gasteiger partial charge is 0.483 e. The maximum atomic E-state index is 8.48. The van der Waals surface area contributed by atoms with E-state index < -0.39 is 6.10 Å². The predicted molar refractivity (Wildman–Crippen MR) is 64.0 cm³/mol. The van der Waals surface area contributed by atoms with Gasteiger partial charge in [-0.25, -0.2) is 0 Å². The Hall–Kier alpha value is -1.71. The summed E-state index contributed by atoms with van der Waals surface area (Å²) in [6.45, 7) is 6.00. The van der Waals surface area contributed by atoms with Gasteiger partial charge in [0.05, 0.1) is 0 Å². The van der Waals surface area contributed by atoms with Gasteiger partial charge in [-0.05, 0) is 30.5 Å². The molecule has 0 aromatic heterocycles. The van der Waals surface area contributed by atoms with Crippen LogP contribution in [0.15, 0.2) is 29.4 Å². The van der Waals surface area contributed by atoms with Crippen LogP contribution < -0.4 is 10.5 Å². The number of ether oxygens (including phenoxy) is 1. The Kier molecular flexibility index (Phi) is 4.17. The summed E-state index contributed by atoms with van der Waals surface area (Å²) in [5, 5.41) is 11.4. The normalized spacial score (nSPS) is 13.9. The Labute approximate surface area is 95.7 Å². The zero-order chi connectivity index (χ0) is 12.1. The van der Waals surface area contributed by atoms with E-state index in [2.05, 4.69) is 19.0 Å². The first-order chi connectivity index (χ1) is 7.54. The molecule has 88 valence electrons. The summed E-state index contributed by atoms with van der Waals surface area (Å²) in [5.74, 6) is 1.27.